The Bertz CT molecular complexity index is 1080. The van der Waals surface area contributed by atoms with E-state index in [1.807, 2.05) is 0 Å². The minimum Gasteiger partial charge on any atom is -0.406 e. The highest BCUT2D eigenvalue weighted by Gasteiger charge is 2.55. The largest absolute Gasteiger partial charge is 0.573 e. The second-order valence-electron chi connectivity index (χ2n) is 7.60. The van der Waals surface area contributed by atoms with Gasteiger partial charge in [0, 0.05) is 11.6 Å². The number of aliphatic hydroxyl groups excluding tert-OH is 2. The predicted octanol–water partition coefficient (Wildman–Crippen LogP) is 2.38. The van der Waals surface area contributed by atoms with E-state index < -0.39 is 42.3 Å². The van der Waals surface area contributed by atoms with E-state index in [4.69, 9.17) is 4.74 Å². The number of benzene rings is 1. The molecule has 0 aliphatic carbocycles. The Morgan fingerprint density at radius 2 is 1.87 bits per heavy atom. The number of nitrogens with zero attached hydrogens (tertiary/aromatic N) is 3. The van der Waals surface area contributed by atoms with Gasteiger partial charge in [-0.25, -0.2) is 9.97 Å². The molecule has 0 radical (unpaired) electrons. The standard InChI is InChI=1S/C20H20F3N3O5/c1-10-13-7-8-26(17(13)25-9-24-10)18-15(28)19(2,29)16(30-18)14(27)11-3-5-12(6-4-11)31-20(21,22)23/h3-9,14-16,18,27-29H,1-2H3/t14-,15+,16-,18-,19+/m1/s1. The highest BCUT2D eigenvalue weighted by molar-refractivity contribution is 5.78. The van der Waals surface area contributed by atoms with Gasteiger partial charge >= 0.3 is 6.36 Å². The summed E-state index contributed by atoms with van der Waals surface area (Å²) in [5, 5.41) is 33.2. The SMILES string of the molecule is Cc1ncnc2c1ccn2[C@@H]1O[C@H]([C@H](O)c2ccc(OC(F)(F)F)cc2)[C@@](C)(O)[C@H]1O. The molecule has 1 saturated heterocycles. The lowest BCUT2D eigenvalue weighted by Crippen LogP contribution is -2.47. The van der Waals surface area contributed by atoms with Crippen molar-refractivity contribution in [3.63, 3.8) is 0 Å². The van der Waals surface area contributed by atoms with Gasteiger partial charge in [0.15, 0.2) is 6.23 Å². The van der Waals surface area contributed by atoms with Crippen molar-refractivity contribution >= 4 is 11.0 Å². The Kier molecular flexibility index (Phi) is 5.16. The lowest BCUT2D eigenvalue weighted by Gasteiger charge is -2.29. The van der Waals surface area contributed by atoms with Crippen molar-refractivity contribution in [2.75, 3.05) is 0 Å². The van der Waals surface area contributed by atoms with E-state index in [0.717, 1.165) is 23.2 Å². The summed E-state index contributed by atoms with van der Waals surface area (Å²) in [6, 6.07) is 6.29. The van der Waals surface area contributed by atoms with Crippen LogP contribution < -0.4 is 4.74 Å². The maximum absolute atomic E-state index is 12.3. The van der Waals surface area contributed by atoms with Gasteiger partial charge in [0.2, 0.25) is 0 Å². The van der Waals surface area contributed by atoms with E-state index in [2.05, 4.69) is 14.7 Å². The van der Waals surface area contributed by atoms with Crippen molar-refractivity contribution in [2.45, 2.75) is 50.4 Å². The molecule has 4 rings (SSSR count). The average Bonchev–Trinajstić information content (AvgIpc) is 3.21. The molecule has 31 heavy (non-hydrogen) atoms. The van der Waals surface area contributed by atoms with Gasteiger partial charge in [-0.15, -0.1) is 13.2 Å². The molecule has 0 saturated carbocycles. The van der Waals surface area contributed by atoms with Crippen LogP contribution in [0.4, 0.5) is 13.2 Å². The minimum atomic E-state index is -4.84. The van der Waals surface area contributed by atoms with Gasteiger partial charge in [0.1, 0.15) is 41.6 Å². The van der Waals surface area contributed by atoms with Crippen molar-refractivity contribution in [3.8, 4) is 5.75 Å². The smallest absolute Gasteiger partial charge is 0.406 e. The highest BCUT2D eigenvalue weighted by Crippen LogP contribution is 2.43. The van der Waals surface area contributed by atoms with Crippen LogP contribution in [-0.2, 0) is 4.74 Å². The summed E-state index contributed by atoms with van der Waals surface area (Å²) in [5.41, 5.74) is -0.482. The number of ether oxygens (including phenoxy) is 2. The van der Waals surface area contributed by atoms with Crippen LogP contribution in [-0.4, -0.2) is 54.0 Å². The fraction of sp³-hybridized carbons (Fsp3) is 0.400. The fourth-order valence-corrected chi connectivity index (χ4v) is 3.78. The fourth-order valence-electron chi connectivity index (χ4n) is 3.78. The minimum absolute atomic E-state index is 0.184. The third kappa shape index (κ3) is 3.85. The van der Waals surface area contributed by atoms with E-state index in [0.29, 0.717) is 5.65 Å². The molecule has 166 valence electrons. The predicted molar refractivity (Wildman–Crippen MR) is 101 cm³/mol. The number of aromatic nitrogens is 3. The molecular formula is C20H20F3N3O5. The van der Waals surface area contributed by atoms with Crippen molar-refractivity contribution in [1.82, 2.24) is 14.5 Å². The Hall–Kier alpha value is -2.73. The molecule has 1 aliphatic rings. The molecule has 0 unspecified atom stereocenters. The van der Waals surface area contributed by atoms with Gasteiger partial charge in [-0.2, -0.15) is 0 Å². The van der Waals surface area contributed by atoms with Crippen molar-refractivity contribution in [2.24, 2.45) is 0 Å². The lowest BCUT2D eigenvalue weighted by molar-refractivity contribution is -0.274. The van der Waals surface area contributed by atoms with Crippen molar-refractivity contribution in [3.05, 3.63) is 54.1 Å². The molecular weight excluding hydrogens is 419 g/mol. The lowest BCUT2D eigenvalue weighted by atomic mass is 9.88. The molecule has 0 bridgehead atoms. The third-order valence-electron chi connectivity index (χ3n) is 5.46. The number of rotatable bonds is 4. The van der Waals surface area contributed by atoms with Gasteiger partial charge < -0.3 is 29.4 Å². The Balaban J connectivity index is 1.61. The van der Waals surface area contributed by atoms with Crippen LogP contribution in [0.5, 0.6) is 5.75 Å². The first-order chi connectivity index (χ1) is 14.5. The summed E-state index contributed by atoms with van der Waals surface area (Å²) in [6.07, 6.45) is -7.04. The maximum atomic E-state index is 12.3. The van der Waals surface area contributed by atoms with Crippen LogP contribution in [0.1, 0.15) is 30.5 Å². The molecule has 1 aliphatic heterocycles. The van der Waals surface area contributed by atoms with E-state index >= 15 is 0 Å². The van der Waals surface area contributed by atoms with Gasteiger partial charge in [-0.3, -0.25) is 0 Å². The van der Waals surface area contributed by atoms with Crippen LogP contribution in [0.2, 0.25) is 0 Å². The quantitative estimate of drug-likeness (QED) is 0.573. The van der Waals surface area contributed by atoms with Gasteiger partial charge in [0.25, 0.3) is 0 Å². The zero-order chi connectivity index (χ0) is 22.6. The van der Waals surface area contributed by atoms with Gasteiger partial charge in [0.05, 0.1) is 5.69 Å². The summed E-state index contributed by atoms with van der Waals surface area (Å²) >= 11 is 0. The highest BCUT2D eigenvalue weighted by atomic mass is 19.4. The molecule has 1 fully saturated rings. The summed E-state index contributed by atoms with van der Waals surface area (Å²) in [4.78, 5) is 8.32. The molecule has 8 nitrogen and oxygen atoms in total. The number of hydrogen-bond donors (Lipinski definition) is 3. The number of hydrogen-bond acceptors (Lipinski definition) is 7. The number of aryl methyl sites for hydroxylation is 1. The third-order valence-corrected chi connectivity index (χ3v) is 5.46. The van der Waals surface area contributed by atoms with Gasteiger partial charge in [-0.05, 0) is 37.6 Å². The molecule has 11 heteroatoms. The molecule has 3 aromatic rings. The molecule has 0 amide bonds. The normalized spacial score (nSPS) is 27.5. The molecule has 1 aromatic carbocycles. The van der Waals surface area contributed by atoms with E-state index in [1.54, 1.807) is 19.2 Å². The van der Waals surface area contributed by atoms with E-state index in [1.165, 1.54) is 30.0 Å². The zero-order valence-corrected chi connectivity index (χ0v) is 16.5. The molecule has 3 N–H and O–H groups in total. The summed E-state index contributed by atoms with van der Waals surface area (Å²) < 4.78 is 48.2. The van der Waals surface area contributed by atoms with Crippen LogP contribution in [0.15, 0.2) is 42.9 Å². The second kappa shape index (κ2) is 7.45. The van der Waals surface area contributed by atoms with E-state index in [-0.39, 0.29) is 5.56 Å². The Labute approximate surface area is 174 Å². The maximum Gasteiger partial charge on any atom is 0.573 e. The number of alkyl halides is 3. The van der Waals surface area contributed by atoms with E-state index in [9.17, 15) is 28.5 Å². The molecule has 3 heterocycles. The van der Waals surface area contributed by atoms with Crippen LogP contribution in [0, 0.1) is 6.92 Å². The number of aliphatic hydroxyl groups is 3. The Morgan fingerprint density at radius 1 is 1.19 bits per heavy atom. The Morgan fingerprint density at radius 3 is 2.52 bits per heavy atom. The first-order valence-electron chi connectivity index (χ1n) is 9.37. The molecule has 2 aromatic heterocycles. The summed E-state index contributed by atoms with van der Waals surface area (Å²) in [6.45, 7) is 3.12. The number of halogens is 3. The first-order valence-corrected chi connectivity index (χ1v) is 9.37. The second-order valence-corrected chi connectivity index (χ2v) is 7.60. The van der Waals surface area contributed by atoms with Crippen LogP contribution >= 0.6 is 0 Å². The zero-order valence-electron chi connectivity index (χ0n) is 16.5. The number of fused-ring (bicyclic) bond motifs is 1. The van der Waals surface area contributed by atoms with Gasteiger partial charge in [-0.1, -0.05) is 12.1 Å². The molecule has 5 atom stereocenters. The van der Waals surface area contributed by atoms with Crippen LogP contribution in [0.3, 0.4) is 0 Å². The summed E-state index contributed by atoms with van der Waals surface area (Å²) in [5.74, 6) is -0.450. The first kappa shape index (κ1) is 21.5. The topological polar surface area (TPSA) is 110 Å². The van der Waals surface area contributed by atoms with Crippen molar-refractivity contribution in [1.29, 1.82) is 0 Å². The molecule has 0 spiro atoms. The van der Waals surface area contributed by atoms with Crippen molar-refractivity contribution < 1.29 is 38.0 Å². The monoisotopic (exact) mass is 439 g/mol. The average molecular weight is 439 g/mol. The van der Waals surface area contributed by atoms with Crippen LogP contribution in [0.25, 0.3) is 11.0 Å². The summed E-state index contributed by atoms with van der Waals surface area (Å²) in [7, 11) is 0.